The van der Waals surface area contributed by atoms with E-state index in [4.69, 9.17) is 11.1 Å². The van der Waals surface area contributed by atoms with E-state index in [0.29, 0.717) is 0 Å². The van der Waals surface area contributed by atoms with Crippen LogP contribution in [0.5, 0.6) is 0 Å². The Morgan fingerprint density at radius 2 is 1.29 bits per heavy atom. The number of hydrogen-bond donors (Lipinski definition) is 0. The van der Waals surface area contributed by atoms with E-state index in [9.17, 15) is 0 Å². The van der Waals surface area contributed by atoms with Crippen molar-refractivity contribution in [2.24, 2.45) is 0 Å². The molecule has 1 aliphatic heterocycles. The Morgan fingerprint density at radius 1 is 0.857 bits per heavy atom. The molecule has 0 aromatic heterocycles. The van der Waals surface area contributed by atoms with Gasteiger partial charge in [-0.15, -0.1) is 0 Å². The highest BCUT2D eigenvalue weighted by Gasteiger charge is 2.54. The predicted molar refractivity (Wildman–Crippen MR) is 72.3 cm³/mol. The second-order valence-corrected chi connectivity index (χ2v) is 17.3. The summed E-state index contributed by atoms with van der Waals surface area (Å²) in [6, 6.07) is 4.51. The molecule has 1 heterocycles. The Labute approximate surface area is 96.2 Å². The third-order valence-corrected chi connectivity index (χ3v) is 22.2. The maximum Gasteiger partial charge on any atom is 0.151 e. The minimum atomic E-state index is -1.17. The number of hydrogen-bond acceptors (Lipinski definition) is 0. The lowest BCUT2D eigenvalue weighted by atomic mass is 10.6. The molecular weight excluding hydrogens is 224 g/mol. The molecule has 0 bridgehead atoms. The Bertz CT molecular complexity index is 168. The zero-order chi connectivity index (χ0) is 10.7. The topological polar surface area (TPSA) is 0 Å². The molecule has 1 saturated heterocycles. The Balaban J connectivity index is 2.45. The monoisotopic (exact) mass is 248 g/mol. The van der Waals surface area contributed by atoms with Gasteiger partial charge in [-0.1, -0.05) is 52.1 Å². The van der Waals surface area contributed by atoms with Crippen LogP contribution >= 0.6 is 11.1 Å². The Hall–Kier alpha value is 0.724. The van der Waals surface area contributed by atoms with E-state index in [2.05, 4.69) is 20.8 Å². The average Bonchev–Trinajstić information content (AvgIpc) is 2.02. The molecule has 0 aliphatic carbocycles. The molecule has 3 heteroatoms. The molecule has 0 aromatic rings. The zero-order valence-corrected chi connectivity index (χ0v) is 12.8. The van der Waals surface area contributed by atoms with Crippen molar-refractivity contribution in [2.45, 2.75) is 69.5 Å². The van der Waals surface area contributed by atoms with Gasteiger partial charge in [0.05, 0.1) is 8.07 Å². The lowest BCUT2D eigenvalue weighted by Gasteiger charge is -2.51. The van der Waals surface area contributed by atoms with E-state index < -0.39 is 15.5 Å². The normalized spacial score (nSPS) is 23.1. The first-order chi connectivity index (χ1) is 6.60. The van der Waals surface area contributed by atoms with Crippen molar-refractivity contribution in [1.29, 1.82) is 0 Å². The van der Waals surface area contributed by atoms with Gasteiger partial charge in [0.1, 0.15) is 0 Å². The molecule has 1 aliphatic rings. The van der Waals surface area contributed by atoms with Gasteiger partial charge in [0, 0.05) is 0 Å². The molecular formula is C11H25ClSi2. The van der Waals surface area contributed by atoms with Crippen molar-refractivity contribution in [2.75, 3.05) is 0 Å². The molecule has 0 saturated carbocycles. The molecule has 14 heavy (non-hydrogen) atoms. The van der Waals surface area contributed by atoms with Gasteiger partial charge in [0.15, 0.2) is 7.38 Å². The van der Waals surface area contributed by atoms with Gasteiger partial charge in [0.2, 0.25) is 0 Å². The van der Waals surface area contributed by atoms with Crippen LogP contribution < -0.4 is 0 Å². The largest absolute Gasteiger partial charge is 0.168 e. The summed E-state index contributed by atoms with van der Waals surface area (Å²) in [6.07, 6.45) is 4.12. The first kappa shape index (κ1) is 12.8. The van der Waals surface area contributed by atoms with Crippen LogP contribution in [-0.4, -0.2) is 15.5 Å². The van der Waals surface area contributed by atoms with Crippen LogP contribution in [0.2, 0.25) is 29.5 Å². The van der Waals surface area contributed by atoms with Crippen LogP contribution in [0, 0.1) is 0 Å². The van der Waals surface area contributed by atoms with E-state index in [-0.39, 0.29) is 0 Å². The summed E-state index contributed by atoms with van der Waals surface area (Å²) in [5.41, 5.74) is 3.11. The quantitative estimate of drug-likeness (QED) is 0.461. The van der Waals surface area contributed by atoms with Crippen molar-refractivity contribution in [3.63, 3.8) is 0 Å². The minimum absolute atomic E-state index is 0.786. The fraction of sp³-hybridized carbons (Fsp3) is 1.00. The van der Waals surface area contributed by atoms with Gasteiger partial charge in [-0.05, 0) is 17.4 Å². The van der Waals surface area contributed by atoms with Crippen molar-refractivity contribution < 1.29 is 0 Å². The second-order valence-electron chi connectivity index (χ2n) is 5.25. The second kappa shape index (κ2) is 5.17. The Kier molecular flexibility index (Phi) is 4.73. The minimum Gasteiger partial charge on any atom is -0.168 e. The summed E-state index contributed by atoms with van der Waals surface area (Å²) in [6.45, 7) is 6.98. The molecule has 0 nitrogen and oxygen atoms in total. The van der Waals surface area contributed by atoms with E-state index in [1.807, 2.05) is 0 Å². The molecule has 0 amide bonds. The molecule has 1 rings (SSSR count). The number of halogens is 1. The van der Waals surface area contributed by atoms with E-state index >= 15 is 0 Å². The smallest absolute Gasteiger partial charge is 0.151 e. The third kappa shape index (κ3) is 2.86. The molecule has 0 radical (unpaired) electrons. The lowest BCUT2D eigenvalue weighted by molar-refractivity contribution is 0.943. The van der Waals surface area contributed by atoms with Crippen LogP contribution in [0.15, 0.2) is 0 Å². The average molecular weight is 249 g/mol. The fourth-order valence-corrected chi connectivity index (χ4v) is 27.0. The fourth-order valence-electron chi connectivity index (χ4n) is 3.46. The van der Waals surface area contributed by atoms with Crippen molar-refractivity contribution in [3.05, 3.63) is 0 Å². The molecule has 0 N–H and O–H groups in total. The van der Waals surface area contributed by atoms with Gasteiger partial charge in [0.25, 0.3) is 0 Å². The lowest BCUT2D eigenvalue weighted by Crippen LogP contribution is -2.59. The molecule has 0 aromatic carbocycles. The summed E-state index contributed by atoms with van der Waals surface area (Å²) < 4.78 is 0. The number of rotatable bonds is 6. The predicted octanol–water partition coefficient (Wildman–Crippen LogP) is 4.94. The Morgan fingerprint density at radius 3 is 1.64 bits per heavy atom. The standard InChI is InChI=1S/C11H25ClSi2/c1-4-7-13(8-5-2)10-14(12,11-13)9-6-3/h4-11H2,1-3H3. The van der Waals surface area contributed by atoms with Crippen LogP contribution in [0.1, 0.15) is 40.0 Å². The third-order valence-electron chi connectivity index (χ3n) is 3.64. The highest BCUT2D eigenvalue weighted by Crippen LogP contribution is 2.50. The molecule has 84 valence electrons. The van der Waals surface area contributed by atoms with Gasteiger partial charge >= 0.3 is 0 Å². The van der Waals surface area contributed by atoms with E-state index in [1.165, 1.54) is 25.3 Å². The first-order valence-electron chi connectivity index (χ1n) is 6.29. The zero-order valence-electron chi connectivity index (χ0n) is 10.0. The van der Waals surface area contributed by atoms with Gasteiger partial charge in [-0.3, -0.25) is 0 Å². The summed E-state index contributed by atoms with van der Waals surface area (Å²) in [7, 11) is -1.96. The van der Waals surface area contributed by atoms with Gasteiger partial charge in [-0.25, -0.2) is 0 Å². The SMILES string of the molecule is CCC[Si]1(Cl)C[Si](CCC)(CCC)C1. The summed E-state index contributed by atoms with van der Waals surface area (Å²) in [5.74, 6) is 0. The van der Waals surface area contributed by atoms with Crippen molar-refractivity contribution in [3.8, 4) is 0 Å². The van der Waals surface area contributed by atoms with Crippen molar-refractivity contribution >= 4 is 26.5 Å². The van der Waals surface area contributed by atoms with E-state index in [0.717, 1.165) is 0 Å². The van der Waals surface area contributed by atoms with Gasteiger partial charge < -0.3 is 0 Å². The molecule has 0 unspecified atom stereocenters. The van der Waals surface area contributed by atoms with Crippen LogP contribution in [0.3, 0.4) is 0 Å². The molecule has 0 spiro atoms. The van der Waals surface area contributed by atoms with Gasteiger partial charge in [-0.2, -0.15) is 11.1 Å². The summed E-state index contributed by atoms with van der Waals surface area (Å²) >= 11 is 6.74. The highest BCUT2D eigenvalue weighted by atomic mass is 35.6. The first-order valence-corrected chi connectivity index (χ1v) is 12.7. The van der Waals surface area contributed by atoms with Crippen LogP contribution in [-0.2, 0) is 0 Å². The molecule has 0 atom stereocenters. The van der Waals surface area contributed by atoms with Crippen LogP contribution in [0.25, 0.3) is 0 Å². The van der Waals surface area contributed by atoms with Crippen molar-refractivity contribution in [1.82, 2.24) is 0 Å². The highest BCUT2D eigenvalue weighted by molar-refractivity contribution is 7.35. The van der Waals surface area contributed by atoms with Crippen LogP contribution in [0.4, 0.5) is 0 Å². The van der Waals surface area contributed by atoms with E-state index in [1.54, 1.807) is 23.4 Å². The maximum atomic E-state index is 6.74. The summed E-state index contributed by atoms with van der Waals surface area (Å²) in [4.78, 5) is 0. The summed E-state index contributed by atoms with van der Waals surface area (Å²) in [5, 5.41) is 0. The maximum absolute atomic E-state index is 6.74. The molecule has 1 fully saturated rings.